The maximum atomic E-state index is 12.6. The van der Waals surface area contributed by atoms with Crippen LogP contribution < -0.4 is 5.32 Å². The highest BCUT2D eigenvalue weighted by molar-refractivity contribution is 6.18. The fourth-order valence-electron chi connectivity index (χ4n) is 2.36. The van der Waals surface area contributed by atoms with Gasteiger partial charge in [0.2, 0.25) is 0 Å². The van der Waals surface area contributed by atoms with E-state index in [2.05, 4.69) is 5.32 Å². The summed E-state index contributed by atoms with van der Waals surface area (Å²) in [4.78, 5) is 37.0. The van der Waals surface area contributed by atoms with Crippen LogP contribution in [0.25, 0.3) is 0 Å². The number of carbonyl (C=O) groups excluding carboxylic acids is 2. The predicted octanol–water partition coefficient (Wildman–Crippen LogP) is 1.99. The molecule has 2 rings (SSSR count). The summed E-state index contributed by atoms with van der Waals surface area (Å²) in [5.74, 6) is -2.68. The van der Waals surface area contributed by atoms with Crippen molar-refractivity contribution >= 4 is 23.5 Å². The first-order valence-electron chi connectivity index (χ1n) is 7.33. The Hall–Kier alpha value is -3.14. The van der Waals surface area contributed by atoms with Crippen LogP contribution in [0.4, 0.5) is 5.69 Å². The van der Waals surface area contributed by atoms with Crippen LogP contribution in [0.3, 0.4) is 0 Å². The first-order chi connectivity index (χ1) is 11.2. The Kier molecular flexibility index (Phi) is 4.42. The number of carboxylic acids is 1. The average Bonchev–Trinajstić information content (AvgIpc) is 2.81. The molecule has 0 bridgehead atoms. The Morgan fingerprint density at radius 1 is 1.33 bits per heavy atom. The molecule has 7 heteroatoms. The number of anilines is 1. The van der Waals surface area contributed by atoms with Gasteiger partial charge in [0.15, 0.2) is 0 Å². The molecule has 0 fully saturated rings. The Morgan fingerprint density at radius 3 is 2.50 bits per heavy atom. The van der Waals surface area contributed by atoms with Crippen molar-refractivity contribution in [1.29, 1.82) is 5.26 Å². The zero-order valence-electron chi connectivity index (χ0n) is 13.5. The van der Waals surface area contributed by atoms with Crippen molar-refractivity contribution in [3.8, 4) is 6.07 Å². The van der Waals surface area contributed by atoms with E-state index in [4.69, 9.17) is 0 Å². The summed E-state index contributed by atoms with van der Waals surface area (Å²) in [6.45, 7) is 5.01. The molecule has 24 heavy (non-hydrogen) atoms. The number of amides is 2. The maximum absolute atomic E-state index is 12.6. The standard InChI is InChI=1S/C17H17N3O4/c1-10(2)17(3,9-18)20-14(21)8-13(15(20)22)19-12-7-5-4-6-11(12)16(23)24/h4-8,10,19H,1-3H3,(H,23,24). The molecule has 2 N–H and O–H groups in total. The van der Waals surface area contributed by atoms with Crippen LogP contribution in [0.5, 0.6) is 0 Å². The molecule has 0 saturated carbocycles. The van der Waals surface area contributed by atoms with E-state index in [1.807, 2.05) is 6.07 Å². The number of hydrogen-bond acceptors (Lipinski definition) is 5. The lowest BCUT2D eigenvalue weighted by Crippen LogP contribution is -2.53. The van der Waals surface area contributed by atoms with Gasteiger partial charge in [-0.25, -0.2) is 4.79 Å². The quantitative estimate of drug-likeness (QED) is 0.800. The van der Waals surface area contributed by atoms with Gasteiger partial charge in [0.1, 0.15) is 11.2 Å². The van der Waals surface area contributed by atoms with Gasteiger partial charge in [-0.15, -0.1) is 0 Å². The van der Waals surface area contributed by atoms with Gasteiger partial charge < -0.3 is 10.4 Å². The second-order valence-electron chi connectivity index (χ2n) is 5.93. The molecule has 0 saturated heterocycles. The number of nitrogens with one attached hydrogen (secondary N) is 1. The summed E-state index contributed by atoms with van der Waals surface area (Å²) in [5.41, 5.74) is -1.18. The zero-order valence-corrected chi connectivity index (χ0v) is 13.5. The molecule has 1 aromatic carbocycles. The van der Waals surface area contributed by atoms with Crippen LogP contribution >= 0.6 is 0 Å². The Morgan fingerprint density at radius 2 is 1.96 bits per heavy atom. The van der Waals surface area contributed by atoms with Crippen molar-refractivity contribution < 1.29 is 19.5 Å². The molecule has 2 amide bonds. The minimum absolute atomic E-state index is 0.0241. The van der Waals surface area contributed by atoms with Crippen LogP contribution in [0, 0.1) is 17.2 Å². The van der Waals surface area contributed by atoms with Crippen molar-refractivity contribution in [1.82, 2.24) is 4.90 Å². The second kappa shape index (κ2) is 6.16. The second-order valence-corrected chi connectivity index (χ2v) is 5.93. The van der Waals surface area contributed by atoms with E-state index < -0.39 is 23.3 Å². The fourth-order valence-corrected chi connectivity index (χ4v) is 2.36. The highest BCUT2D eigenvalue weighted by Gasteiger charge is 2.46. The molecule has 0 spiro atoms. The van der Waals surface area contributed by atoms with Gasteiger partial charge in [-0.3, -0.25) is 14.5 Å². The molecule has 7 nitrogen and oxygen atoms in total. The summed E-state index contributed by atoms with van der Waals surface area (Å²) >= 11 is 0. The zero-order chi connectivity index (χ0) is 18.1. The average molecular weight is 327 g/mol. The smallest absolute Gasteiger partial charge is 0.337 e. The number of carbonyl (C=O) groups is 3. The van der Waals surface area contributed by atoms with Gasteiger partial charge in [-0.2, -0.15) is 5.26 Å². The number of carboxylic acid groups (broad SMARTS) is 1. The van der Waals surface area contributed by atoms with Crippen LogP contribution in [0.15, 0.2) is 36.0 Å². The maximum Gasteiger partial charge on any atom is 0.337 e. The van der Waals surface area contributed by atoms with Crippen molar-refractivity contribution in [3.05, 3.63) is 41.6 Å². The van der Waals surface area contributed by atoms with Crippen molar-refractivity contribution in [2.75, 3.05) is 5.32 Å². The molecule has 1 heterocycles. The molecule has 1 atom stereocenters. The summed E-state index contributed by atoms with van der Waals surface area (Å²) < 4.78 is 0. The van der Waals surface area contributed by atoms with Crippen molar-refractivity contribution in [2.45, 2.75) is 26.3 Å². The molecule has 0 aromatic heterocycles. The predicted molar refractivity (Wildman–Crippen MR) is 85.8 cm³/mol. The number of para-hydroxylation sites is 1. The van der Waals surface area contributed by atoms with Gasteiger partial charge in [0.25, 0.3) is 11.8 Å². The third-order valence-corrected chi connectivity index (χ3v) is 4.16. The largest absolute Gasteiger partial charge is 0.478 e. The molecular formula is C17H17N3O4. The number of hydrogen-bond donors (Lipinski definition) is 2. The lowest BCUT2D eigenvalue weighted by atomic mass is 9.88. The van der Waals surface area contributed by atoms with Crippen LogP contribution in [0.2, 0.25) is 0 Å². The van der Waals surface area contributed by atoms with Crippen LogP contribution in [0.1, 0.15) is 31.1 Å². The van der Waals surface area contributed by atoms with E-state index >= 15 is 0 Å². The number of rotatable bonds is 5. The fraction of sp³-hybridized carbons (Fsp3) is 0.294. The van der Waals surface area contributed by atoms with Crippen molar-refractivity contribution in [3.63, 3.8) is 0 Å². The molecular weight excluding hydrogens is 310 g/mol. The van der Waals surface area contributed by atoms with E-state index in [1.54, 1.807) is 26.0 Å². The minimum atomic E-state index is -1.29. The molecule has 124 valence electrons. The molecule has 0 radical (unpaired) electrons. The van der Waals surface area contributed by atoms with Crippen molar-refractivity contribution in [2.24, 2.45) is 5.92 Å². The third kappa shape index (κ3) is 2.74. The molecule has 1 aliphatic heterocycles. The number of benzene rings is 1. The molecule has 1 unspecified atom stereocenters. The Labute approximate surface area is 139 Å². The summed E-state index contributed by atoms with van der Waals surface area (Å²) in [6.07, 6.45) is 1.08. The van der Waals surface area contributed by atoms with Gasteiger partial charge in [-0.1, -0.05) is 26.0 Å². The topological polar surface area (TPSA) is 110 Å². The van der Waals surface area contributed by atoms with Crippen LogP contribution in [-0.2, 0) is 9.59 Å². The Balaban J connectivity index is 2.35. The van der Waals surface area contributed by atoms with E-state index in [0.717, 1.165) is 11.0 Å². The normalized spacial score (nSPS) is 16.6. The van der Waals surface area contributed by atoms with Gasteiger partial charge in [0, 0.05) is 6.08 Å². The molecule has 1 aromatic rings. The summed E-state index contributed by atoms with van der Waals surface area (Å²) in [7, 11) is 0. The minimum Gasteiger partial charge on any atom is -0.478 e. The lowest BCUT2D eigenvalue weighted by Gasteiger charge is -2.34. The monoisotopic (exact) mass is 327 g/mol. The SMILES string of the molecule is CC(C)C(C)(C#N)N1C(=O)C=C(Nc2ccccc2C(=O)O)C1=O. The number of nitriles is 1. The number of nitrogens with zero attached hydrogens (tertiary/aromatic N) is 2. The number of imide groups is 1. The Bertz CT molecular complexity index is 791. The third-order valence-electron chi connectivity index (χ3n) is 4.16. The highest BCUT2D eigenvalue weighted by atomic mass is 16.4. The molecule has 0 aliphatic carbocycles. The van der Waals surface area contributed by atoms with Gasteiger partial charge in [0.05, 0.1) is 17.3 Å². The highest BCUT2D eigenvalue weighted by Crippen LogP contribution is 2.30. The number of aromatic carboxylic acids is 1. The summed E-state index contributed by atoms with van der Waals surface area (Å²) in [6, 6.07) is 8.08. The van der Waals surface area contributed by atoms with Gasteiger partial charge >= 0.3 is 5.97 Å². The first kappa shape index (κ1) is 17.2. The molecule has 1 aliphatic rings. The first-order valence-corrected chi connectivity index (χ1v) is 7.33. The summed E-state index contributed by atoms with van der Waals surface area (Å²) in [5, 5.41) is 21.3. The van der Waals surface area contributed by atoms with E-state index in [9.17, 15) is 24.8 Å². The van der Waals surface area contributed by atoms with Crippen LogP contribution in [-0.4, -0.2) is 33.3 Å². The van der Waals surface area contributed by atoms with E-state index in [0.29, 0.717) is 0 Å². The van der Waals surface area contributed by atoms with Gasteiger partial charge in [-0.05, 0) is 25.0 Å². The lowest BCUT2D eigenvalue weighted by molar-refractivity contribution is -0.143. The van der Waals surface area contributed by atoms with E-state index in [1.165, 1.54) is 19.1 Å². The van der Waals surface area contributed by atoms with E-state index in [-0.39, 0.29) is 22.9 Å².